The van der Waals surface area contributed by atoms with Crippen LogP contribution in [-0.2, 0) is 4.79 Å². The quantitative estimate of drug-likeness (QED) is 0.742. The van der Waals surface area contributed by atoms with Gasteiger partial charge in [0.1, 0.15) is 0 Å². The molecule has 4 nitrogen and oxygen atoms in total. The van der Waals surface area contributed by atoms with Crippen molar-refractivity contribution in [2.75, 3.05) is 32.7 Å². The van der Waals surface area contributed by atoms with Crippen LogP contribution in [0, 0.1) is 5.41 Å². The van der Waals surface area contributed by atoms with Crippen LogP contribution in [0.15, 0.2) is 0 Å². The second-order valence-corrected chi connectivity index (χ2v) is 6.18. The summed E-state index contributed by atoms with van der Waals surface area (Å²) in [6.07, 6.45) is 4.06. The van der Waals surface area contributed by atoms with E-state index in [1.54, 1.807) is 0 Å². The lowest BCUT2D eigenvalue weighted by molar-refractivity contribution is -0.141. The van der Waals surface area contributed by atoms with Gasteiger partial charge in [-0.05, 0) is 52.7 Å². The van der Waals surface area contributed by atoms with Crippen molar-refractivity contribution >= 4 is 5.91 Å². The van der Waals surface area contributed by atoms with Crippen LogP contribution in [0.5, 0.6) is 0 Å². The van der Waals surface area contributed by atoms with Crippen molar-refractivity contribution in [2.24, 2.45) is 11.1 Å². The standard InChI is InChI=1S/C16H33N3O/c1-5-18(6-2)12-9-13-19(7-3)15(20)16(4)11-8-10-14(16)17/h14H,5-13,17H2,1-4H3. The fourth-order valence-electron chi connectivity index (χ4n) is 3.25. The van der Waals surface area contributed by atoms with E-state index in [9.17, 15) is 4.79 Å². The molecule has 0 spiro atoms. The van der Waals surface area contributed by atoms with Crippen molar-refractivity contribution in [1.82, 2.24) is 9.80 Å². The van der Waals surface area contributed by atoms with Crippen LogP contribution in [-0.4, -0.2) is 54.5 Å². The molecule has 0 heterocycles. The Labute approximate surface area is 124 Å². The first-order valence-electron chi connectivity index (χ1n) is 8.26. The van der Waals surface area contributed by atoms with E-state index >= 15 is 0 Å². The molecular weight excluding hydrogens is 250 g/mol. The Hall–Kier alpha value is -0.610. The summed E-state index contributed by atoms with van der Waals surface area (Å²) in [6, 6.07) is 0.0341. The lowest BCUT2D eigenvalue weighted by Crippen LogP contribution is -2.49. The summed E-state index contributed by atoms with van der Waals surface area (Å²) in [4.78, 5) is 17.2. The lowest BCUT2D eigenvalue weighted by Gasteiger charge is -2.34. The number of carbonyl (C=O) groups is 1. The predicted octanol–water partition coefficient (Wildman–Crippen LogP) is 2.08. The van der Waals surface area contributed by atoms with Crippen LogP contribution in [0.25, 0.3) is 0 Å². The maximum Gasteiger partial charge on any atom is 0.230 e. The highest BCUT2D eigenvalue weighted by atomic mass is 16.2. The molecule has 2 N–H and O–H groups in total. The van der Waals surface area contributed by atoms with E-state index in [-0.39, 0.29) is 17.4 Å². The Morgan fingerprint density at radius 3 is 2.30 bits per heavy atom. The van der Waals surface area contributed by atoms with Gasteiger partial charge in [0.25, 0.3) is 0 Å². The second kappa shape index (κ2) is 7.99. The van der Waals surface area contributed by atoms with E-state index in [0.717, 1.165) is 58.4 Å². The van der Waals surface area contributed by atoms with Gasteiger partial charge >= 0.3 is 0 Å². The predicted molar refractivity (Wildman–Crippen MR) is 84.6 cm³/mol. The molecule has 4 heteroatoms. The molecule has 1 fully saturated rings. The molecule has 2 atom stereocenters. The Kier molecular flexibility index (Phi) is 6.96. The van der Waals surface area contributed by atoms with Crippen molar-refractivity contribution in [3.05, 3.63) is 0 Å². The van der Waals surface area contributed by atoms with E-state index < -0.39 is 0 Å². The minimum Gasteiger partial charge on any atom is -0.342 e. The Bertz CT molecular complexity index is 304. The largest absolute Gasteiger partial charge is 0.342 e. The third-order valence-corrected chi connectivity index (χ3v) is 4.98. The summed E-state index contributed by atoms with van der Waals surface area (Å²) >= 11 is 0. The topological polar surface area (TPSA) is 49.6 Å². The summed E-state index contributed by atoms with van der Waals surface area (Å²) in [5, 5.41) is 0. The van der Waals surface area contributed by atoms with E-state index in [1.165, 1.54) is 0 Å². The zero-order chi connectivity index (χ0) is 15.2. The normalized spacial score (nSPS) is 26.2. The number of amides is 1. The van der Waals surface area contributed by atoms with Crippen molar-refractivity contribution in [2.45, 2.75) is 59.4 Å². The van der Waals surface area contributed by atoms with Crippen LogP contribution in [0.3, 0.4) is 0 Å². The van der Waals surface area contributed by atoms with Crippen molar-refractivity contribution < 1.29 is 4.79 Å². The van der Waals surface area contributed by atoms with E-state index in [0.29, 0.717) is 0 Å². The number of rotatable bonds is 8. The fraction of sp³-hybridized carbons (Fsp3) is 0.938. The first-order valence-corrected chi connectivity index (χ1v) is 8.26. The molecule has 0 aromatic heterocycles. The minimum absolute atomic E-state index is 0.0341. The van der Waals surface area contributed by atoms with Gasteiger partial charge in [-0.25, -0.2) is 0 Å². The molecule has 20 heavy (non-hydrogen) atoms. The Morgan fingerprint density at radius 1 is 1.20 bits per heavy atom. The van der Waals surface area contributed by atoms with E-state index in [4.69, 9.17) is 5.73 Å². The molecule has 1 rings (SSSR count). The van der Waals surface area contributed by atoms with E-state index in [1.807, 2.05) is 4.90 Å². The summed E-state index contributed by atoms with van der Waals surface area (Å²) in [5.41, 5.74) is 5.84. The molecule has 0 radical (unpaired) electrons. The highest BCUT2D eigenvalue weighted by Gasteiger charge is 2.44. The molecule has 0 saturated heterocycles. The van der Waals surface area contributed by atoms with Crippen molar-refractivity contribution in [1.29, 1.82) is 0 Å². The molecule has 2 unspecified atom stereocenters. The third kappa shape index (κ3) is 3.95. The minimum atomic E-state index is -0.328. The molecule has 118 valence electrons. The molecule has 1 saturated carbocycles. The molecule has 0 aliphatic heterocycles. The van der Waals surface area contributed by atoms with Gasteiger partial charge in [0.2, 0.25) is 5.91 Å². The number of nitrogens with two attached hydrogens (primary N) is 1. The van der Waals surface area contributed by atoms with Crippen molar-refractivity contribution in [3.63, 3.8) is 0 Å². The van der Waals surface area contributed by atoms with Crippen LogP contribution in [0.1, 0.15) is 53.4 Å². The summed E-state index contributed by atoms with van der Waals surface area (Å²) in [6.45, 7) is 13.4. The molecule has 1 aliphatic carbocycles. The van der Waals surface area contributed by atoms with Crippen LogP contribution in [0.4, 0.5) is 0 Å². The van der Waals surface area contributed by atoms with Gasteiger partial charge in [-0.3, -0.25) is 4.79 Å². The number of hydrogen-bond donors (Lipinski definition) is 1. The molecule has 1 amide bonds. The number of nitrogens with zero attached hydrogens (tertiary/aromatic N) is 2. The summed E-state index contributed by atoms with van der Waals surface area (Å²) < 4.78 is 0. The summed E-state index contributed by atoms with van der Waals surface area (Å²) in [7, 11) is 0. The zero-order valence-corrected chi connectivity index (χ0v) is 13.8. The lowest BCUT2D eigenvalue weighted by atomic mass is 9.83. The first kappa shape index (κ1) is 17.4. The average Bonchev–Trinajstić information content (AvgIpc) is 2.80. The van der Waals surface area contributed by atoms with Crippen LogP contribution in [0.2, 0.25) is 0 Å². The zero-order valence-electron chi connectivity index (χ0n) is 13.8. The highest BCUT2D eigenvalue weighted by molar-refractivity contribution is 5.83. The third-order valence-electron chi connectivity index (χ3n) is 4.98. The smallest absolute Gasteiger partial charge is 0.230 e. The van der Waals surface area contributed by atoms with Crippen LogP contribution < -0.4 is 5.73 Å². The molecular formula is C16H33N3O. The van der Waals surface area contributed by atoms with Gasteiger partial charge in [0.15, 0.2) is 0 Å². The van der Waals surface area contributed by atoms with Crippen LogP contribution >= 0.6 is 0 Å². The molecule has 0 aromatic rings. The Morgan fingerprint density at radius 2 is 1.85 bits per heavy atom. The molecule has 0 aromatic carbocycles. The van der Waals surface area contributed by atoms with Gasteiger partial charge in [0.05, 0.1) is 5.41 Å². The SMILES string of the molecule is CCN(CC)CCCN(CC)C(=O)C1(C)CCCC1N. The summed E-state index contributed by atoms with van der Waals surface area (Å²) in [5.74, 6) is 0.268. The fourth-order valence-corrected chi connectivity index (χ4v) is 3.25. The first-order chi connectivity index (χ1) is 9.49. The Balaban J connectivity index is 2.51. The molecule has 1 aliphatic rings. The number of hydrogen-bond acceptors (Lipinski definition) is 3. The number of carbonyl (C=O) groups excluding carboxylic acids is 1. The molecule has 0 bridgehead atoms. The van der Waals surface area contributed by atoms with E-state index in [2.05, 4.69) is 32.6 Å². The van der Waals surface area contributed by atoms with Gasteiger partial charge < -0.3 is 15.5 Å². The van der Waals surface area contributed by atoms with Gasteiger partial charge in [-0.1, -0.05) is 20.3 Å². The second-order valence-electron chi connectivity index (χ2n) is 6.18. The highest BCUT2D eigenvalue weighted by Crippen LogP contribution is 2.38. The van der Waals surface area contributed by atoms with Gasteiger partial charge in [-0.15, -0.1) is 0 Å². The van der Waals surface area contributed by atoms with Gasteiger partial charge in [0, 0.05) is 19.1 Å². The monoisotopic (exact) mass is 283 g/mol. The average molecular weight is 283 g/mol. The van der Waals surface area contributed by atoms with Crippen molar-refractivity contribution in [3.8, 4) is 0 Å². The van der Waals surface area contributed by atoms with Gasteiger partial charge in [-0.2, -0.15) is 0 Å². The maximum atomic E-state index is 12.8. The maximum absolute atomic E-state index is 12.8.